The van der Waals surface area contributed by atoms with Gasteiger partial charge in [-0.2, -0.15) is 0 Å². The Morgan fingerprint density at radius 3 is 2.08 bits per heavy atom. The van der Waals surface area contributed by atoms with Crippen molar-refractivity contribution in [2.24, 2.45) is 5.41 Å². The zero-order chi connectivity index (χ0) is 29.5. The van der Waals surface area contributed by atoms with Crippen molar-refractivity contribution < 1.29 is 0 Å². The summed E-state index contributed by atoms with van der Waals surface area (Å²) in [6, 6.07) is 8.62. The molecule has 0 saturated heterocycles. The number of hydrogen-bond acceptors (Lipinski definition) is 0. The Morgan fingerprint density at radius 1 is 0.825 bits per heavy atom. The van der Waals surface area contributed by atoms with Crippen molar-refractivity contribution in [2.45, 2.75) is 48.5 Å². The molecule has 0 unspecified atom stereocenters. The molecule has 2 nitrogen and oxygen atoms in total. The van der Waals surface area contributed by atoms with Crippen LogP contribution in [-0.2, 0) is 0 Å². The first-order chi connectivity index (χ1) is 19.0. The van der Waals surface area contributed by atoms with E-state index in [0.29, 0.717) is 0 Å². The number of rotatable bonds is 8. The molecule has 0 atom stereocenters. The second-order valence-electron chi connectivity index (χ2n) is 11.1. The van der Waals surface area contributed by atoms with Gasteiger partial charge in [0.15, 0.2) is 0 Å². The molecule has 0 N–H and O–H groups in total. The van der Waals surface area contributed by atoms with Crippen molar-refractivity contribution in [1.29, 1.82) is 0 Å². The molecule has 1 aliphatic carbocycles. The van der Waals surface area contributed by atoms with Gasteiger partial charge in [-0.05, 0) is 81.2 Å². The van der Waals surface area contributed by atoms with Gasteiger partial charge in [-0.25, -0.2) is 0 Å². The normalized spacial score (nSPS) is 16.3. The van der Waals surface area contributed by atoms with Crippen LogP contribution in [0.1, 0.15) is 57.1 Å². The quantitative estimate of drug-likeness (QED) is 0.277. The minimum absolute atomic E-state index is 0.0816. The number of nitrogens with zero attached hydrogens (tertiary/aromatic N) is 2. The van der Waals surface area contributed by atoms with E-state index in [1.807, 2.05) is 30.4 Å². The minimum atomic E-state index is -0.0816. The van der Waals surface area contributed by atoms with Gasteiger partial charge >= 0.3 is 0 Å². The lowest BCUT2D eigenvalue weighted by Gasteiger charge is -2.23. The largest absolute Gasteiger partial charge is 0.317 e. The fourth-order valence-corrected chi connectivity index (χ4v) is 6.34. The lowest BCUT2D eigenvalue weighted by atomic mass is 9.81. The molecule has 1 aliphatic rings. The van der Waals surface area contributed by atoms with Crippen molar-refractivity contribution in [3.63, 3.8) is 0 Å². The number of aromatic nitrogens is 2. The smallest absolute Gasteiger partial charge is 0.0534 e. The van der Waals surface area contributed by atoms with E-state index < -0.39 is 0 Å². The number of allylic oxidation sites excluding steroid dienone is 10. The van der Waals surface area contributed by atoms with Crippen LogP contribution in [0, 0.1) is 19.3 Å². The Labute approximate surface area is 240 Å². The molecule has 0 fully saturated rings. The molecule has 2 heteroatoms. The molecule has 0 aliphatic heterocycles. The zero-order valence-electron chi connectivity index (χ0n) is 25.3. The molecule has 1 aromatic carbocycles. The maximum Gasteiger partial charge on any atom is 0.0534 e. The fraction of sp³-hybridized carbons (Fsp3) is 0.211. The summed E-state index contributed by atoms with van der Waals surface area (Å²) in [6.07, 6.45) is 14.3. The highest BCUT2D eigenvalue weighted by Crippen LogP contribution is 2.48. The fourth-order valence-electron chi connectivity index (χ4n) is 6.34. The van der Waals surface area contributed by atoms with E-state index in [1.54, 1.807) is 0 Å². The van der Waals surface area contributed by atoms with Crippen LogP contribution >= 0.6 is 0 Å². The summed E-state index contributed by atoms with van der Waals surface area (Å²) in [4.78, 5) is 0. The first-order valence-corrected chi connectivity index (χ1v) is 13.8. The lowest BCUT2D eigenvalue weighted by Crippen LogP contribution is -2.27. The van der Waals surface area contributed by atoms with Crippen LogP contribution in [0.5, 0.6) is 0 Å². The van der Waals surface area contributed by atoms with Crippen LogP contribution in [0.3, 0.4) is 0 Å². The van der Waals surface area contributed by atoms with Crippen molar-refractivity contribution in [3.8, 4) is 0 Å². The molecule has 4 rings (SSSR count). The van der Waals surface area contributed by atoms with E-state index in [-0.39, 0.29) is 5.41 Å². The van der Waals surface area contributed by atoms with Gasteiger partial charge in [0.05, 0.1) is 5.52 Å². The molecule has 2 aromatic heterocycles. The van der Waals surface area contributed by atoms with Gasteiger partial charge in [0.25, 0.3) is 0 Å². The third-order valence-corrected chi connectivity index (χ3v) is 8.66. The van der Waals surface area contributed by atoms with Crippen molar-refractivity contribution in [3.05, 3.63) is 130 Å². The first-order valence-electron chi connectivity index (χ1n) is 13.8. The monoisotopic (exact) mass is 526 g/mol. The first kappa shape index (κ1) is 28.7. The number of fused-ring (bicyclic) bond motifs is 1. The van der Waals surface area contributed by atoms with Gasteiger partial charge in [0.1, 0.15) is 0 Å². The maximum absolute atomic E-state index is 4.41. The highest BCUT2D eigenvalue weighted by molar-refractivity contribution is 5.96. The van der Waals surface area contributed by atoms with Gasteiger partial charge in [-0.3, -0.25) is 0 Å². The second kappa shape index (κ2) is 10.7. The number of benzene rings is 1. The lowest BCUT2D eigenvalue weighted by molar-refractivity contribution is 0.562. The summed E-state index contributed by atoms with van der Waals surface area (Å²) in [5, 5.41) is 3.23. The van der Waals surface area contributed by atoms with Gasteiger partial charge in [0.2, 0.25) is 0 Å². The number of para-hydroxylation sites is 1. The van der Waals surface area contributed by atoms with E-state index in [0.717, 1.165) is 38.8 Å². The van der Waals surface area contributed by atoms with Crippen LogP contribution in [0.4, 0.5) is 0 Å². The molecule has 3 aromatic rings. The van der Waals surface area contributed by atoms with Crippen LogP contribution in [0.25, 0.3) is 47.1 Å². The molecule has 0 amide bonds. The van der Waals surface area contributed by atoms with Crippen LogP contribution in [0.2, 0.25) is 0 Å². The Kier molecular flexibility index (Phi) is 7.67. The van der Waals surface area contributed by atoms with E-state index in [1.165, 1.54) is 38.9 Å². The third-order valence-electron chi connectivity index (χ3n) is 8.66. The van der Waals surface area contributed by atoms with Crippen LogP contribution in [-0.4, -0.2) is 9.13 Å². The van der Waals surface area contributed by atoms with Crippen molar-refractivity contribution >= 4 is 47.1 Å². The Hall–Kier alpha value is -4.30. The summed E-state index contributed by atoms with van der Waals surface area (Å²) < 4.78 is 4.56. The third kappa shape index (κ3) is 4.29. The standard InChI is InChI=1S/C38H42N2/c1-13-19-31-26(7)36(16-4)39(28(31)9)25(6)23-34-29(10)40(37-21-18-17-20-32(34)37)24(5)22-33-27(8)38(11,12)35(15-3)30(33)14-2/h13-23H,1-4,9H2,5-8,10-12H3/b24-22+,25-23+,31-19-. The average molecular weight is 527 g/mol. The molecule has 0 spiro atoms. The topological polar surface area (TPSA) is 9.86 Å². The second-order valence-corrected chi connectivity index (χ2v) is 11.1. The summed E-state index contributed by atoms with van der Waals surface area (Å²) in [5.74, 6) is 0. The van der Waals surface area contributed by atoms with E-state index in [9.17, 15) is 0 Å². The summed E-state index contributed by atoms with van der Waals surface area (Å²) in [5.41, 5.74) is 12.9. The average Bonchev–Trinajstić information content (AvgIpc) is 3.41. The summed E-state index contributed by atoms with van der Waals surface area (Å²) in [7, 11) is 0. The molecule has 2 heterocycles. The molecule has 0 saturated carbocycles. The predicted molar refractivity (Wildman–Crippen MR) is 179 cm³/mol. The van der Waals surface area contributed by atoms with Gasteiger partial charge in [0, 0.05) is 49.7 Å². The maximum atomic E-state index is 4.41. The number of hydrogen-bond donors (Lipinski definition) is 0. The van der Waals surface area contributed by atoms with E-state index in [4.69, 9.17) is 0 Å². The molecular weight excluding hydrogens is 484 g/mol. The predicted octanol–water partition coefficient (Wildman–Crippen LogP) is 8.98. The van der Waals surface area contributed by atoms with E-state index >= 15 is 0 Å². The Morgan fingerprint density at radius 2 is 1.48 bits per heavy atom. The molecule has 40 heavy (non-hydrogen) atoms. The zero-order valence-corrected chi connectivity index (χ0v) is 25.3. The van der Waals surface area contributed by atoms with Gasteiger partial charge in [-0.1, -0.05) is 94.8 Å². The van der Waals surface area contributed by atoms with Crippen molar-refractivity contribution in [1.82, 2.24) is 9.13 Å². The van der Waals surface area contributed by atoms with Crippen LogP contribution in [0.15, 0.2) is 97.2 Å². The molecule has 0 radical (unpaired) electrons. The highest BCUT2D eigenvalue weighted by atomic mass is 15.0. The summed E-state index contributed by atoms with van der Waals surface area (Å²) >= 11 is 0. The molecule has 204 valence electrons. The Bertz CT molecular complexity index is 1830. The summed E-state index contributed by atoms with van der Waals surface area (Å²) in [6.45, 7) is 36.0. The highest BCUT2D eigenvalue weighted by Gasteiger charge is 2.34. The Balaban J connectivity index is 1.97. The van der Waals surface area contributed by atoms with Crippen molar-refractivity contribution in [2.75, 3.05) is 0 Å². The minimum Gasteiger partial charge on any atom is -0.317 e. The van der Waals surface area contributed by atoms with E-state index in [2.05, 4.69) is 127 Å². The van der Waals surface area contributed by atoms with Gasteiger partial charge < -0.3 is 9.13 Å². The van der Waals surface area contributed by atoms with Crippen LogP contribution < -0.4 is 10.6 Å². The molecular formula is C38H42N2. The van der Waals surface area contributed by atoms with Gasteiger partial charge in [-0.15, -0.1) is 0 Å². The SMILES string of the molecule is C=C/C=c1/c(C)c(C=C)n(/C(C)=C/c2c(C)n(/C(C)=C/C3=C(C)C(C)(C)C(C=C)=C3C=C)c3ccccc23)c1=C. The molecule has 0 bridgehead atoms.